The number of halogens is 1. The molecular formula is C15H23ClN2O3. The Hall–Kier alpha value is -1.59. The lowest BCUT2D eigenvalue weighted by molar-refractivity contribution is -0.142. The largest absolute Gasteiger partial charge is 0.480 e. The first kappa shape index (κ1) is 19.4. The van der Waals surface area contributed by atoms with Gasteiger partial charge in [-0.3, -0.25) is 14.5 Å². The number of carboxylic acid groups (broad SMARTS) is 1. The average Bonchev–Trinajstić information content (AvgIpc) is 2.39. The van der Waals surface area contributed by atoms with Crippen LogP contribution in [0.25, 0.3) is 0 Å². The molecule has 0 aliphatic heterocycles. The third kappa shape index (κ3) is 5.73. The molecule has 1 unspecified atom stereocenters. The molecule has 21 heavy (non-hydrogen) atoms. The lowest BCUT2D eigenvalue weighted by atomic mass is 10.0. The second-order valence-electron chi connectivity index (χ2n) is 4.91. The molecule has 6 heteroatoms. The lowest BCUT2D eigenvalue weighted by Crippen LogP contribution is -2.42. The summed E-state index contributed by atoms with van der Waals surface area (Å²) in [5, 5.41) is 9.06. The number of carbonyl (C=O) groups excluding carboxylic acids is 1. The molecule has 1 rings (SSSR count). The Morgan fingerprint density at radius 2 is 1.76 bits per heavy atom. The number of likely N-dealkylation sites (N-methyl/N-ethyl adjacent to an activating group) is 1. The number of carbonyl (C=O) groups is 2. The third-order valence-corrected chi connectivity index (χ3v) is 3.00. The van der Waals surface area contributed by atoms with Gasteiger partial charge in [0.25, 0.3) is 0 Å². The van der Waals surface area contributed by atoms with Crippen molar-refractivity contribution >= 4 is 24.3 Å². The minimum atomic E-state index is -0.925. The van der Waals surface area contributed by atoms with Crippen molar-refractivity contribution in [2.45, 2.75) is 19.4 Å². The van der Waals surface area contributed by atoms with Crippen LogP contribution < -0.4 is 0 Å². The van der Waals surface area contributed by atoms with Crippen molar-refractivity contribution in [2.24, 2.45) is 0 Å². The number of nitrogens with zero attached hydrogens (tertiary/aromatic N) is 2. The minimum absolute atomic E-state index is 0. The van der Waals surface area contributed by atoms with Crippen LogP contribution in [-0.4, -0.2) is 54.0 Å². The molecule has 0 saturated heterocycles. The highest BCUT2D eigenvalue weighted by Crippen LogP contribution is 2.22. The fourth-order valence-corrected chi connectivity index (χ4v) is 2.15. The number of rotatable bonds is 7. The molecule has 118 valence electrons. The molecule has 0 aromatic heterocycles. The van der Waals surface area contributed by atoms with E-state index in [1.807, 2.05) is 37.3 Å². The van der Waals surface area contributed by atoms with E-state index in [1.165, 1.54) is 4.90 Å². The van der Waals surface area contributed by atoms with Gasteiger partial charge >= 0.3 is 5.97 Å². The van der Waals surface area contributed by atoms with Crippen molar-refractivity contribution in [3.8, 4) is 0 Å². The van der Waals surface area contributed by atoms with Crippen LogP contribution in [0.5, 0.6) is 0 Å². The Labute approximate surface area is 132 Å². The maximum Gasteiger partial charge on any atom is 0.317 e. The Bertz CT molecular complexity index is 451. The van der Waals surface area contributed by atoms with Crippen LogP contribution in [-0.2, 0) is 9.59 Å². The van der Waals surface area contributed by atoms with Crippen molar-refractivity contribution in [2.75, 3.05) is 27.2 Å². The highest BCUT2D eigenvalue weighted by molar-refractivity contribution is 5.85. The summed E-state index contributed by atoms with van der Waals surface area (Å²) in [6, 6.07) is 8.75. The topological polar surface area (TPSA) is 60.9 Å². The summed E-state index contributed by atoms with van der Waals surface area (Å²) in [6.45, 7) is 2.38. The zero-order valence-electron chi connectivity index (χ0n) is 12.7. The summed E-state index contributed by atoms with van der Waals surface area (Å²) in [5.41, 5.74) is 0.820. The van der Waals surface area contributed by atoms with Crippen LogP contribution in [0.2, 0.25) is 0 Å². The van der Waals surface area contributed by atoms with Gasteiger partial charge in [0, 0.05) is 14.1 Å². The molecule has 1 aromatic rings. The van der Waals surface area contributed by atoms with Crippen molar-refractivity contribution in [3.05, 3.63) is 35.9 Å². The van der Waals surface area contributed by atoms with Crippen molar-refractivity contribution < 1.29 is 14.7 Å². The van der Waals surface area contributed by atoms with E-state index >= 15 is 0 Å². The van der Waals surface area contributed by atoms with E-state index in [9.17, 15) is 9.59 Å². The van der Waals surface area contributed by atoms with Crippen molar-refractivity contribution in [1.29, 1.82) is 0 Å². The van der Waals surface area contributed by atoms with Crippen molar-refractivity contribution in [1.82, 2.24) is 9.80 Å². The Balaban J connectivity index is 0.00000400. The highest BCUT2D eigenvalue weighted by atomic mass is 35.5. The fourth-order valence-electron chi connectivity index (χ4n) is 2.15. The summed E-state index contributed by atoms with van der Waals surface area (Å²) in [7, 11) is 3.37. The lowest BCUT2D eigenvalue weighted by Gasteiger charge is -2.31. The molecule has 0 saturated carbocycles. The van der Waals surface area contributed by atoms with E-state index in [1.54, 1.807) is 19.0 Å². The first-order valence-electron chi connectivity index (χ1n) is 6.69. The predicted octanol–water partition coefficient (Wildman–Crippen LogP) is 2.03. The Morgan fingerprint density at radius 1 is 1.19 bits per heavy atom. The fraction of sp³-hybridized carbons (Fsp3) is 0.467. The summed E-state index contributed by atoms with van der Waals surface area (Å²) in [6.07, 6.45) is 0.789. The molecule has 0 fully saturated rings. The van der Waals surface area contributed by atoms with Gasteiger partial charge in [0.15, 0.2) is 0 Å². The van der Waals surface area contributed by atoms with Crippen LogP contribution in [0.15, 0.2) is 30.3 Å². The number of amides is 1. The SMILES string of the molecule is CCCN(CC(=O)O)C(C(=O)N(C)C)c1ccccc1.Cl. The molecule has 0 heterocycles. The summed E-state index contributed by atoms with van der Waals surface area (Å²) >= 11 is 0. The van der Waals surface area contributed by atoms with E-state index < -0.39 is 12.0 Å². The number of hydrogen-bond donors (Lipinski definition) is 1. The van der Waals surface area contributed by atoms with E-state index in [2.05, 4.69) is 0 Å². The number of aliphatic carboxylic acids is 1. The quantitative estimate of drug-likeness (QED) is 0.836. The smallest absolute Gasteiger partial charge is 0.317 e. The van der Waals surface area contributed by atoms with E-state index in [0.29, 0.717) is 6.54 Å². The van der Waals surface area contributed by atoms with E-state index in [-0.39, 0.29) is 24.9 Å². The summed E-state index contributed by atoms with van der Waals surface area (Å²) in [5.74, 6) is -1.03. The maximum atomic E-state index is 12.4. The van der Waals surface area contributed by atoms with E-state index in [4.69, 9.17) is 5.11 Å². The monoisotopic (exact) mass is 314 g/mol. The van der Waals surface area contributed by atoms with Gasteiger partial charge in [-0.15, -0.1) is 12.4 Å². The highest BCUT2D eigenvalue weighted by Gasteiger charge is 2.29. The van der Waals surface area contributed by atoms with Gasteiger partial charge in [0.05, 0.1) is 6.54 Å². The number of carboxylic acids is 1. The molecule has 0 aliphatic rings. The van der Waals surface area contributed by atoms with Gasteiger partial charge in [-0.1, -0.05) is 37.3 Å². The molecule has 1 amide bonds. The van der Waals surface area contributed by atoms with Crippen LogP contribution in [0, 0.1) is 0 Å². The molecule has 1 aromatic carbocycles. The van der Waals surface area contributed by atoms with Gasteiger partial charge in [0.1, 0.15) is 6.04 Å². The predicted molar refractivity (Wildman–Crippen MR) is 84.6 cm³/mol. The van der Waals surface area contributed by atoms with Crippen LogP contribution in [0.4, 0.5) is 0 Å². The van der Waals surface area contributed by atoms with Crippen molar-refractivity contribution in [3.63, 3.8) is 0 Å². The van der Waals surface area contributed by atoms with Crippen LogP contribution in [0.1, 0.15) is 24.9 Å². The molecule has 0 spiro atoms. The second kappa shape index (κ2) is 9.37. The summed E-state index contributed by atoms with van der Waals surface area (Å²) in [4.78, 5) is 26.7. The van der Waals surface area contributed by atoms with Crippen LogP contribution in [0.3, 0.4) is 0 Å². The molecule has 0 bridgehead atoms. The maximum absolute atomic E-state index is 12.4. The zero-order valence-corrected chi connectivity index (χ0v) is 13.5. The van der Waals surface area contributed by atoms with Gasteiger partial charge in [0.2, 0.25) is 5.91 Å². The summed E-state index contributed by atoms with van der Waals surface area (Å²) < 4.78 is 0. The zero-order chi connectivity index (χ0) is 15.1. The standard InChI is InChI=1S/C15H22N2O3.ClH/c1-4-10-17(11-13(18)19)14(15(20)16(2)3)12-8-6-5-7-9-12;/h5-9,14H,4,10-11H2,1-3H3,(H,18,19);1H. The molecule has 0 radical (unpaired) electrons. The normalized spacial score (nSPS) is 11.6. The number of benzene rings is 1. The molecular weight excluding hydrogens is 292 g/mol. The third-order valence-electron chi connectivity index (χ3n) is 3.00. The Kier molecular flexibility index (Phi) is 8.66. The van der Waals surface area contributed by atoms with Gasteiger partial charge in [-0.05, 0) is 18.5 Å². The first-order valence-corrected chi connectivity index (χ1v) is 6.69. The molecule has 0 aliphatic carbocycles. The minimum Gasteiger partial charge on any atom is -0.480 e. The van der Waals surface area contributed by atoms with E-state index in [0.717, 1.165) is 12.0 Å². The van der Waals surface area contributed by atoms with Gasteiger partial charge < -0.3 is 10.0 Å². The first-order chi connectivity index (χ1) is 9.47. The van der Waals surface area contributed by atoms with Gasteiger partial charge in [-0.2, -0.15) is 0 Å². The van der Waals surface area contributed by atoms with Gasteiger partial charge in [-0.25, -0.2) is 0 Å². The Morgan fingerprint density at radius 3 is 2.19 bits per heavy atom. The van der Waals surface area contributed by atoms with Crippen LogP contribution >= 0.6 is 12.4 Å². The molecule has 1 atom stereocenters. The molecule has 1 N–H and O–H groups in total. The average molecular weight is 315 g/mol. The number of hydrogen-bond acceptors (Lipinski definition) is 3. The molecule has 5 nitrogen and oxygen atoms in total. The second-order valence-corrected chi connectivity index (χ2v) is 4.91.